The van der Waals surface area contributed by atoms with Crippen molar-refractivity contribution in [1.82, 2.24) is 14.2 Å². The summed E-state index contributed by atoms with van der Waals surface area (Å²) in [7, 11) is 1.25. The van der Waals surface area contributed by atoms with Crippen LogP contribution in [0, 0.1) is 0 Å². The third-order valence-electron chi connectivity index (χ3n) is 2.77. The number of hydrogen-bond acceptors (Lipinski definition) is 5. The molecule has 0 N–H and O–H groups in total. The van der Waals surface area contributed by atoms with Crippen molar-refractivity contribution in [3.8, 4) is 0 Å². The first kappa shape index (κ1) is 12.2. The van der Waals surface area contributed by atoms with E-state index in [1.54, 1.807) is 10.5 Å². The second kappa shape index (κ2) is 4.36. The van der Waals surface area contributed by atoms with Crippen LogP contribution in [0.15, 0.2) is 22.3 Å². The van der Waals surface area contributed by atoms with Gasteiger partial charge in [-0.15, -0.1) is 16.4 Å². The molecule has 0 fully saturated rings. The molecule has 0 saturated heterocycles. The lowest BCUT2D eigenvalue weighted by molar-refractivity contribution is -0.141. The lowest BCUT2D eigenvalue weighted by atomic mass is 10.5. The van der Waals surface area contributed by atoms with Crippen LogP contribution in [0.2, 0.25) is 5.28 Å². The molecule has 8 heteroatoms. The highest BCUT2D eigenvalue weighted by molar-refractivity contribution is 7.17. The summed E-state index contributed by atoms with van der Waals surface area (Å²) < 4.78 is 8.04. The number of thiophene rings is 1. The fourth-order valence-electron chi connectivity index (χ4n) is 1.90. The highest BCUT2D eigenvalue weighted by atomic mass is 35.5. The predicted octanol–water partition coefficient (Wildman–Crippen LogP) is 1.54. The van der Waals surface area contributed by atoms with Crippen LogP contribution in [-0.4, -0.2) is 27.3 Å². The minimum absolute atomic E-state index is 0.131. The molecule has 6 nitrogen and oxygen atoms in total. The maximum absolute atomic E-state index is 12.2. The maximum Gasteiger partial charge on any atom is 0.327 e. The van der Waals surface area contributed by atoms with Gasteiger partial charge in [-0.3, -0.25) is 14.0 Å². The first-order valence-electron chi connectivity index (χ1n) is 5.34. The van der Waals surface area contributed by atoms with Gasteiger partial charge in [0.2, 0.25) is 5.28 Å². The molecule has 0 aliphatic rings. The Morgan fingerprint density at radius 3 is 3.05 bits per heavy atom. The highest BCUT2D eigenvalue weighted by Crippen LogP contribution is 2.25. The number of rotatable bonds is 2. The molecule has 0 atom stereocenters. The number of hydrogen-bond donors (Lipinski definition) is 0. The van der Waals surface area contributed by atoms with E-state index in [4.69, 9.17) is 11.6 Å². The Bertz CT molecular complexity index is 848. The van der Waals surface area contributed by atoms with Crippen molar-refractivity contribution < 1.29 is 9.53 Å². The molecule has 0 saturated carbocycles. The normalized spacial score (nSPS) is 11.3. The van der Waals surface area contributed by atoms with Gasteiger partial charge >= 0.3 is 5.97 Å². The van der Waals surface area contributed by atoms with Crippen LogP contribution in [0.1, 0.15) is 0 Å². The Balaban J connectivity index is 2.30. The molecule has 0 spiro atoms. The minimum atomic E-state index is -0.552. The van der Waals surface area contributed by atoms with E-state index in [0.717, 1.165) is 14.9 Å². The summed E-state index contributed by atoms with van der Waals surface area (Å²) in [5.41, 5.74) is 0.851. The standard InChI is InChI=1S/C11H8ClN3O3S/c1-18-9(16)5-14-10(17)7-4-8-6(2-3-19-8)15(7)11(12)13-14/h2-4H,5H2,1H3. The lowest BCUT2D eigenvalue weighted by Crippen LogP contribution is -2.29. The summed E-state index contributed by atoms with van der Waals surface area (Å²) in [5.74, 6) is -0.552. The van der Waals surface area contributed by atoms with E-state index in [1.807, 2.05) is 11.4 Å². The molecule has 0 bridgehead atoms. The number of carbonyl (C=O) groups is 1. The van der Waals surface area contributed by atoms with Crippen LogP contribution in [0.5, 0.6) is 0 Å². The van der Waals surface area contributed by atoms with Gasteiger partial charge in [0.25, 0.3) is 5.56 Å². The van der Waals surface area contributed by atoms with Crippen LogP contribution in [0.4, 0.5) is 0 Å². The van der Waals surface area contributed by atoms with Gasteiger partial charge < -0.3 is 4.74 Å². The number of aromatic nitrogens is 3. The van der Waals surface area contributed by atoms with E-state index in [0.29, 0.717) is 5.52 Å². The number of esters is 1. The molecule has 98 valence electrons. The van der Waals surface area contributed by atoms with E-state index in [-0.39, 0.29) is 17.4 Å². The molecular formula is C11H8ClN3O3S. The van der Waals surface area contributed by atoms with E-state index < -0.39 is 5.97 Å². The van der Waals surface area contributed by atoms with Gasteiger partial charge in [-0.05, 0) is 29.1 Å². The summed E-state index contributed by atoms with van der Waals surface area (Å²) in [6.07, 6.45) is 0. The van der Waals surface area contributed by atoms with Gasteiger partial charge in [0, 0.05) is 0 Å². The van der Waals surface area contributed by atoms with Gasteiger partial charge in [-0.2, -0.15) is 0 Å². The van der Waals surface area contributed by atoms with E-state index in [2.05, 4.69) is 9.84 Å². The summed E-state index contributed by atoms with van der Waals surface area (Å²) in [5, 5.41) is 5.97. The Morgan fingerprint density at radius 2 is 2.32 bits per heavy atom. The fourth-order valence-corrected chi connectivity index (χ4v) is 2.97. The van der Waals surface area contributed by atoms with Gasteiger partial charge in [0.1, 0.15) is 12.1 Å². The molecule has 0 radical (unpaired) electrons. The van der Waals surface area contributed by atoms with Crippen molar-refractivity contribution in [2.75, 3.05) is 7.11 Å². The molecule has 3 aromatic rings. The number of methoxy groups -OCH3 is 1. The van der Waals surface area contributed by atoms with Crippen molar-refractivity contribution in [2.24, 2.45) is 0 Å². The molecule has 3 aromatic heterocycles. The van der Waals surface area contributed by atoms with Gasteiger partial charge in [-0.1, -0.05) is 0 Å². The molecule has 0 amide bonds. The predicted molar refractivity (Wildman–Crippen MR) is 71.9 cm³/mol. The number of carbonyl (C=O) groups excluding carboxylic acids is 1. The number of ether oxygens (including phenoxy) is 1. The zero-order valence-corrected chi connectivity index (χ0v) is 11.4. The smallest absolute Gasteiger partial charge is 0.327 e. The third kappa shape index (κ3) is 1.82. The molecule has 3 heterocycles. The van der Waals surface area contributed by atoms with E-state index in [1.165, 1.54) is 18.4 Å². The molecule has 19 heavy (non-hydrogen) atoms. The van der Waals surface area contributed by atoms with Gasteiger partial charge in [0.15, 0.2) is 0 Å². The Kier molecular flexibility index (Phi) is 2.79. The maximum atomic E-state index is 12.2. The van der Waals surface area contributed by atoms with E-state index in [9.17, 15) is 9.59 Å². The summed E-state index contributed by atoms with van der Waals surface area (Å²) in [4.78, 5) is 23.5. The van der Waals surface area contributed by atoms with Crippen LogP contribution in [-0.2, 0) is 16.1 Å². The Labute approximate surface area is 115 Å². The first-order valence-corrected chi connectivity index (χ1v) is 6.59. The van der Waals surface area contributed by atoms with Gasteiger partial charge in [-0.25, -0.2) is 4.68 Å². The summed E-state index contributed by atoms with van der Waals surface area (Å²) >= 11 is 7.59. The quantitative estimate of drug-likeness (QED) is 0.673. The van der Waals surface area contributed by atoms with Crippen molar-refractivity contribution in [3.05, 3.63) is 33.2 Å². The molecule has 0 aliphatic heterocycles. The summed E-state index contributed by atoms with van der Waals surface area (Å²) in [6, 6.07) is 3.61. The van der Waals surface area contributed by atoms with E-state index >= 15 is 0 Å². The number of halogens is 1. The zero-order chi connectivity index (χ0) is 13.6. The number of fused-ring (bicyclic) bond motifs is 3. The van der Waals surface area contributed by atoms with Crippen molar-refractivity contribution in [2.45, 2.75) is 6.54 Å². The molecular weight excluding hydrogens is 290 g/mol. The number of nitrogens with zero attached hydrogens (tertiary/aromatic N) is 3. The average molecular weight is 298 g/mol. The second-order valence-electron chi connectivity index (χ2n) is 3.84. The van der Waals surface area contributed by atoms with Crippen molar-refractivity contribution >= 4 is 44.6 Å². The van der Waals surface area contributed by atoms with Gasteiger partial charge in [0.05, 0.1) is 17.3 Å². The van der Waals surface area contributed by atoms with Crippen molar-refractivity contribution in [3.63, 3.8) is 0 Å². The second-order valence-corrected chi connectivity index (χ2v) is 5.13. The third-order valence-corrected chi connectivity index (χ3v) is 3.87. The van der Waals surface area contributed by atoms with Crippen LogP contribution < -0.4 is 5.56 Å². The first-order chi connectivity index (χ1) is 9.11. The van der Waals surface area contributed by atoms with Crippen LogP contribution >= 0.6 is 22.9 Å². The minimum Gasteiger partial charge on any atom is -0.468 e. The largest absolute Gasteiger partial charge is 0.468 e. The van der Waals surface area contributed by atoms with Crippen LogP contribution in [0.3, 0.4) is 0 Å². The van der Waals surface area contributed by atoms with Crippen molar-refractivity contribution in [1.29, 1.82) is 0 Å². The topological polar surface area (TPSA) is 65.6 Å². The zero-order valence-electron chi connectivity index (χ0n) is 9.79. The fraction of sp³-hybridized carbons (Fsp3) is 0.182. The van der Waals surface area contributed by atoms with Crippen LogP contribution in [0.25, 0.3) is 15.7 Å². The molecule has 0 aromatic carbocycles. The highest BCUT2D eigenvalue weighted by Gasteiger charge is 2.15. The SMILES string of the molecule is COC(=O)Cn1nc(Cl)n2c(cc3sccc32)c1=O. The molecule has 0 aliphatic carbocycles. The molecule has 3 rings (SSSR count). The Hall–Kier alpha value is -1.86. The monoisotopic (exact) mass is 297 g/mol. The lowest BCUT2D eigenvalue weighted by Gasteiger charge is -2.05. The summed E-state index contributed by atoms with van der Waals surface area (Å²) in [6.45, 7) is -0.260. The molecule has 0 unspecified atom stereocenters. The average Bonchev–Trinajstić information content (AvgIpc) is 2.95. The Morgan fingerprint density at radius 1 is 1.53 bits per heavy atom.